The van der Waals surface area contributed by atoms with Crippen LogP contribution in [0.3, 0.4) is 0 Å². The standard InChI is InChI=1S/C25H27N3O6S2/c1-34-24-10-6-5-9-23(24)27-15-17-28(18-16-27)36(32,33)22-13-11-20(12-14-22)26-25(29)19-35(30,31)21-7-3-2-4-8-21/h2-14H,15-19H2,1H3,(H,26,29). The van der Waals surface area contributed by atoms with Crippen LogP contribution in [0.5, 0.6) is 5.75 Å². The monoisotopic (exact) mass is 529 g/mol. The second-order valence-corrected chi connectivity index (χ2v) is 12.1. The first-order valence-corrected chi connectivity index (χ1v) is 14.4. The predicted octanol–water partition coefficient (Wildman–Crippen LogP) is 2.62. The highest BCUT2D eigenvalue weighted by Crippen LogP contribution is 2.29. The Morgan fingerprint density at radius 3 is 2.06 bits per heavy atom. The van der Waals surface area contributed by atoms with Gasteiger partial charge in [-0.1, -0.05) is 30.3 Å². The molecular formula is C25H27N3O6S2. The summed E-state index contributed by atoms with van der Waals surface area (Å²) in [5, 5.41) is 2.52. The average Bonchev–Trinajstić information content (AvgIpc) is 2.89. The van der Waals surface area contributed by atoms with Crippen LogP contribution >= 0.6 is 0 Å². The van der Waals surface area contributed by atoms with Crippen LogP contribution in [0.15, 0.2) is 88.7 Å². The molecule has 1 aliphatic heterocycles. The number of carbonyl (C=O) groups is 1. The fourth-order valence-electron chi connectivity index (χ4n) is 4.00. The van der Waals surface area contributed by atoms with Gasteiger partial charge < -0.3 is 15.0 Å². The van der Waals surface area contributed by atoms with Crippen molar-refractivity contribution in [1.82, 2.24) is 4.31 Å². The fourth-order valence-corrected chi connectivity index (χ4v) is 6.58. The van der Waals surface area contributed by atoms with E-state index in [9.17, 15) is 21.6 Å². The summed E-state index contributed by atoms with van der Waals surface area (Å²) >= 11 is 0. The molecule has 1 heterocycles. The number of methoxy groups -OCH3 is 1. The van der Waals surface area contributed by atoms with Gasteiger partial charge in [0, 0.05) is 31.9 Å². The molecule has 0 spiro atoms. The zero-order chi connectivity index (χ0) is 25.8. The Morgan fingerprint density at radius 1 is 0.806 bits per heavy atom. The maximum absolute atomic E-state index is 13.1. The number of hydrogen-bond donors (Lipinski definition) is 1. The van der Waals surface area contributed by atoms with E-state index in [4.69, 9.17) is 4.74 Å². The molecule has 0 aromatic heterocycles. The van der Waals surface area contributed by atoms with Gasteiger partial charge in [-0.25, -0.2) is 16.8 Å². The molecule has 3 aromatic carbocycles. The molecule has 1 N–H and O–H groups in total. The number of sulfonamides is 1. The number of benzene rings is 3. The van der Waals surface area contributed by atoms with Gasteiger partial charge in [0.15, 0.2) is 9.84 Å². The molecule has 1 fully saturated rings. The number of anilines is 2. The number of para-hydroxylation sites is 2. The Balaban J connectivity index is 1.37. The summed E-state index contributed by atoms with van der Waals surface area (Å²) in [7, 11) is -5.90. The third-order valence-electron chi connectivity index (χ3n) is 5.86. The zero-order valence-corrected chi connectivity index (χ0v) is 21.3. The molecule has 0 aliphatic carbocycles. The number of piperazine rings is 1. The Morgan fingerprint density at radius 2 is 1.42 bits per heavy atom. The van der Waals surface area contributed by atoms with Crippen molar-refractivity contribution in [2.24, 2.45) is 0 Å². The Labute approximate surface area is 211 Å². The predicted molar refractivity (Wildman–Crippen MR) is 138 cm³/mol. The number of carbonyl (C=O) groups excluding carboxylic acids is 1. The molecule has 1 aliphatic rings. The summed E-state index contributed by atoms with van der Waals surface area (Å²) in [5.74, 6) is -0.682. The Bertz CT molecular complexity index is 1420. The highest BCUT2D eigenvalue weighted by atomic mass is 32.2. The number of nitrogens with one attached hydrogen (secondary N) is 1. The number of hydrogen-bond acceptors (Lipinski definition) is 7. The molecule has 1 saturated heterocycles. The molecule has 190 valence electrons. The van der Waals surface area contributed by atoms with E-state index < -0.39 is 31.5 Å². The molecule has 4 rings (SSSR count). The maximum atomic E-state index is 13.1. The molecule has 0 saturated carbocycles. The van der Waals surface area contributed by atoms with Crippen LogP contribution in [-0.2, 0) is 24.7 Å². The average molecular weight is 530 g/mol. The van der Waals surface area contributed by atoms with Crippen molar-refractivity contribution >= 4 is 37.1 Å². The quantitative estimate of drug-likeness (QED) is 0.477. The van der Waals surface area contributed by atoms with Gasteiger partial charge >= 0.3 is 0 Å². The van der Waals surface area contributed by atoms with Crippen LogP contribution in [0.25, 0.3) is 0 Å². The van der Waals surface area contributed by atoms with Gasteiger partial charge in [-0.15, -0.1) is 0 Å². The van der Waals surface area contributed by atoms with Crippen LogP contribution in [0.1, 0.15) is 0 Å². The smallest absolute Gasteiger partial charge is 0.243 e. The lowest BCUT2D eigenvalue weighted by Gasteiger charge is -2.35. The third kappa shape index (κ3) is 5.69. The summed E-state index contributed by atoms with van der Waals surface area (Å²) in [6.07, 6.45) is 0. The molecule has 0 bridgehead atoms. The van der Waals surface area contributed by atoms with E-state index in [-0.39, 0.29) is 9.79 Å². The molecule has 0 radical (unpaired) electrons. The van der Waals surface area contributed by atoms with Gasteiger partial charge in [0.05, 0.1) is 22.6 Å². The van der Waals surface area contributed by atoms with E-state index in [1.807, 2.05) is 24.3 Å². The minimum absolute atomic E-state index is 0.0624. The van der Waals surface area contributed by atoms with Crippen molar-refractivity contribution in [2.75, 3.05) is 49.3 Å². The van der Waals surface area contributed by atoms with Crippen LogP contribution in [-0.4, -0.2) is 66.1 Å². The SMILES string of the molecule is COc1ccccc1N1CCN(S(=O)(=O)c2ccc(NC(=O)CS(=O)(=O)c3ccccc3)cc2)CC1. The lowest BCUT2D eigenvalue weighted by molar-refractivity contribution is -0.113. The number of nitrogens with zero attached hydrogens (tertiary/aromatic N) is 2. The van der Waals surface area contributed by atoms with E-state index >= 15 is 0 Å². The van der Waals surface area contributed by atoms with Gasteiger partial charge in [0.25, 0.3) is 0 Å². The summed E-state index contributed by atoms with van der Waals surface area (Å²) in [6.45, 7) is 1.67. The van der Waals surface area contributed by atoms with Crippen LogP contribution in [0, 0.1) is 0 Å². The lowest BCUT2D eigenvalue weighted by atomic mass is 10.2. The topological polar surface area (TPSA) is 113 Å². The maximum Gasteiger partial charge on any atom is 0.243 e. The van der Waals surface area contributed by atoms with Crippen molar-refractivity contribution in [3.8, 4) is 5.75 Å². The van der Waals surface area contributed by atoms with E-state index in [0.717, 1.165) is 11.4 Å². The van der Waals surface area contributed by atoms with Gasteiger partial charge in [0.2, 0.25) is 15.9 Å². The van der Waals surface area contributed by atoms with Crippen LogP contribution in [0.4, 0.5) is 11.4 Å². The van der Waals surface area contributed by atoms with Crippen molar-refractivity contribution < 1.29 is 26.4 Å². The summed E-state index contributed by atoms with van der Waals surface area (Å²) in [6, 6.07) is 21.0. The molecule has 11 heteroatoms. The first-order chi connectivity index (χ1) is 17.2. The first kappa shape index (κ1) is 25.7. The van der Waals surface area contributed by atoms with Crippen molar-refractivity contribution in [3.05, 3.63) is 78.9 Å². The lowest BCUT2D eigenvalue weighted by Crippen LogP contribution is -2.48. The Kier molecular flexibility index (Phi) is 7.62. The molecular weight excluding hydrogens is 502 g/mol. The highest BCUT2D eigenvalue weighted by Gasteiger charge is 2.29. The van der Waals surface area contributed by atoms with Crippen molar-refractivity contribution in [3.63, 3.8) is 0 Å². The number of rotatable bonds is 8. The van der Waals surface area contributed by atoms with Gasteiger partial charge in [0.1, 0.15) is 11.5 Å². The van der Waals surface area contributed by atoms with Crippen molar-refractivity contribution in [1.29, 1.82) is 0 Å². The molecule has 0 atom stereocenters. The van der Waals surface area contributed by atoms with E-state index in [2.05, 4.69) is 10.2 Å². The van der Waals surface area contributed by atoms with E-state index in [1.54, 1.807) is 25.3 Å². The largest absolute Gasteiger partial charge is 0.495 e. The normalized spacial score (nSPS) is 14.9. The third-order valence-corrected chi connectivity index (χ3v) is 9.41. The number of sulfone groups is 1. The number of ether oxygens (including phenoxy) is 1. The van der Waals surface area contributed by atoms with Gasteiger partial charge in [-0.05, 0) is 48.5 Å². The molecule has 1 amide bonds. The van der Waals surface area contributed by atoms with Gasteiger partial charge in [-0.2, -0.15) is 4.31 Å². The van der Waals surface area contributed by atoms with E-state index in [0.29, 0.717) is 31.9 Å². The molecule has 9 nitrogen and oxygen atoms in total. The Hall–Kier alpha value is -3.41. The second kappa shape index (κ2) is 10.7. The molecule has 36 heavy (non-hydrogen) atoms. The van der Waals surface area contributed by atoms with Crippen LogP contribution < -0.4 is 15.0 Å². The minimum atomic E-state index is -3.78. The fraction of sp³-hybridized carbons (Fsp3) is 0.240. The minimum Gasteiger partial charge on any atom is -0.495 e. The summed E-state index contributed by atoms with van der Waals surface area (Å²) in [5.41, 5.74) is 1.23. The van der Waals surface area contributed by atoms with Crippen molar-refractivity contribution in [2.45, 2.75) is 9.79 Å². The number of amides is 1. The van der Waals surface area contributed by atoms with Gasteiger partial charge in [-0.3, -0.25) is 4.79 Å². The summed E-state index contributed by atoms with van der Waals surface area (Å²) in [4.78, 5) is 14.5. The summed E-state index contributed by atoms with van der Waals surface area (Å²) < 4.78 is 57.9. The molecule has 3 aromatic rings. The zero-order valence-electron chi connectivity index (χ0n) is 19.7. The highest BCUT2D eigenvalue weighted by molar-refractivity contribution is 7.92. The molecule has 0 unspecified atom stereocenters. The second-order valence-electron chi connectivity index (χ2n) is 8.21. The van der Waals surface area contributed by atoms with E-state index in [1.165, 1.54) is 40.7 Å². The van der Waals surface area contributed by atoms with Crippen LogP contribution in [0.2, 0.25) is 0 Å². The first-order valence-electron chi connectivity index (χ1n) is 11.3.